The van der Waals surface area contributed by atoms with Gasteiger partial charge in [0.05, 0.1) is 11.7 Å². The van der Waals surface area contributed by atoms with Gasteiger partial charge in [0.25, 0.3) is 11.8 Å². The molecule has 31 heavy (non-hydrogen) atoms. The molecule has 1 aliphatic heterocycles. The van der Waals surface area contributed by atoms with Crippen LogP contribution >= 0.6 is 0 Å². The zero-order chi connectivity index (χ0) is 22.4. The molecule has 3 atom stereocenters. The van der Waals surface area contributed by atoms with Crippen molar-refractivity contribution in [3.8, 4) is 5.75 Å². The molecule has 0 radical (unpaired) electrons. The first-order valence-electron chi connectivity index (χ1n) is 10.5. The minimum Gasteiger partial charge on any atom is -0.491 e. The van der Waals surface area contributed by atoms with Gasteiger partial charge in [-0.25, -0.2) is 0 Å². The highest BCUT2D eigenvalue weighted by Crippen LogP contribution is 2.26. The minimum atomic E-state index is -0.218. The first-order valence-corrected chi connectivity index (χ1v) is 10.5. The van der Waals surface area contributed by atoms with Crippen LogP contribution in [0, 0.1) is 5.92 Å². The summed E-state index contributed by atoms with van der Waals surface area (Å²) in [5.74, 6) is 0.312. The van der Waals surface area contributed by atoms with Gasteiger partial charge >= 0.3 is 0 Å². The highest BCUT2D eigenvalue weighted by Gasteiger charge is 2.25. The number of hydrogen-bond donors (Lipinski definition) is 2. The van der Waals surface area contributed by atoms with Gasteiger partial charge in [0.15, 0.2) is 0 Å². The number of ether oxygens (including phenoxy) is 2. The average molecular weight is 426 g/mol. The molecule has 3 rings (SSSR count). The molecule has 0 saturated heterocycles. The van der Waals surface area contributed by atoms with Gasteiger partial charge in [0.1, 0.15) is 12.4 Å². The third-order valence-corrected chi connectivity index (χ3v) is 5.52. The Balaban J connectivity index is 1.87. The zero-order valence-electron chi connectivity index (χ0n) is 18.6. The Morgan fingerprint density at radius 2 is 1.94 bits per heavy atom. The smallest absolute Gasteiger partial charge is 0.257 e. The van der Waals surface area contributed by atoms with Crippen molar-refractivity contribution >= 4 is 17.5 Å². The summed E-state index contributed by atoms with van der Waals surface area (Å²) < 4.78 is 11.7. The second-order valence-corrected chi connectivity index (χ2v) is 8.09. The summed E-state index contributed by atoms with van der Waals surface area (Å²) in [6.45, 7) is 5.76. The molecule has 1 aliphatic rings. The van der Waals surface area contributed by atoms with Gasteiger partial charge in [-0.3, -0.25) is 9.59 Å². The lowest BCUT2D eigenvalue weighted by Gasteiger charge is -2.30. The number of fused-ring (bicyclic) bond motifs is 1. The number of methoxy groups -OCH3 is 1. The first-order chi connectivity index (χ1) is 14.9. The molecule has 2 amide bonds. The van der Waals surface area contributed by atoms with Crippen molar-refractivity contribution in [2.24, 2.45) is 5.92 Å². The fourth-order valence-electron chi connectivity index (χ4n) is 3.53. The lowest BCUT2D eigenvalue weighted by molar-refractivity contribution is 0.0281. The van der Waals surface area contributed by atoms with Gasteiger partial charge in [-0.1, -0.05) is 25.1 Å². The number of carbonyl (C=O) groups excluding carboxylic acids is 2. The van der Waals surface area contributed by atoms with Gasteiger partial charge in [-0.05, 0) is 37.1 Å². The van der Waals surface area contributed by atoms with Crippen LogP contribution in [0.1, 0.15) is 34.6 Å². The van der Waals surface area contributed by atoms with E-state index in [0.717, 1.165) is 6.54 Å². The van der Waals surface area contributed by atoms with Crippen molar-refractivity contribution in [3.63, 3.8) is 0 Å². The third kappa shape index (κ3) is 5.83. The molecule has 7 nitrogen and oxygen atoms in total. The molecular formula is C24H31N3O4. The number of nitrogens with zero attached hydrogens (tertiary/aromatic N) is 1. The molecule has 0 bridgehead atoms. The van der Waals surface area contributed by atoms with Crippen LogP contribution in [-0.2, 0) is 4.74 Å². The Morgan fingerprint density at radius 3 is 2.65 bits per heavy atom. The maximum absolute atomic E-state index is 13.1. The van der Waals surface area contributed by atoms with E-state index in [1.807, 2.05) is 25.1 Å². The van der Waals surface area contributed by atoms with E-state index in [-0.39, 0.29) is 29.9 Å². The molecule has 2 N–H and O–H groups in total. The van der Waals surface area contributed by atoms with Crippen molar-refractivity contribution < 1.29 is 19.1 Å². The molecule has 0 aromatic heterocycles. The van der Waals surface area contributed by atoms with Crippen LogP contribution in [0.3, 0.4) is 0 Å². The number of carbonyl (C=O) groups is 2. The molecule has 7 heteroatoms. The SMILES string of the molecule is CO[C@H]1CN(C)C(=O)c2ccc(NC(=O)c3ccccc3)cc2OC[C@@H](C)NC[C@H]1C. The number of nitrogens with one attached hydrogen (secondary N) is 2. The maximum Gasteiger partial charge on any atom is 0.257 e. The molecule has 0 unspecified atom stereocenters. The van der Waals surface area contributed by atoms with Gasteiger partial charge in [0, 0.05) is 50.6 Å². The van der Waals surface area contributed by atoms with Gasteiger partial charge < -0.3 is 25.0 Å². The second kappa shape index (κ2) is 10.4. The first kappa shape index (κ1) is 22.8. The normalized spacial score (nSPS) is 22.5. The van der Waals surface area contributed by atoms with Crippen LogP contribution in [0.2, 0.25) is 0 Å². The minimum absolute atomic E-state index is 0.0816. The molecule has 0 spiro atoms. The Kier molecular flexibility index (Phi) is 7.65. The zero-order valence-corrected chi connectivity index (χ0v) is 18.6. The predicted octanol–water partition coefficient (Wildman–Crippen LogP) is 3.03. The van der Waals surface area contributed by atoms with Crippen LogP contribution < -0.4 is 15.4 Å². The molecule has 2 aromatic rings. The van der Waals surface area contributed by atoms with E-state index >= 15 is 0 Å². The van der Waals surface area contributed by atoms with E-state index in [0.29, 0.717) is 35.7 Å². The molecule has 0 aliphatic carbocycles. The average Bonchev–Trinajstić information content (AvgIpc) is 2.79. The Labute approximate surface area is 183 Å². The van der Waals surface area contributed by atoms with Crippen molar-refractivity contribution in [2.45, 2.75) is 26.0 Å². The number of anilines is 1. The highest BCUT2D eigenvalue weighted by molar-refractivity contribution is 6.05. The summed E-state index contributed by atoms with van der Waals surface area (Å²) in [4.78, 5) is 27.3. The van der Waals surface area contributed by atoms with Gasteiger partial charge in [0.2, 0.25) is 0 Å². The molecule has 166 valence electrons. The Hall–Kier alpha value is -2.90. The monoisotopic (exact) mass is 425 g/mol. The van der Waals surface area contributed by atoms with Crippen molar-refractivity contribution in [1.82, 2.24) is 10.2 Å². The van der Waals surface area contributed by atoms with Crippen LogP contribution in [0.25, 0.3) is 0 Å². The number of amides is 2. The number of hydrogen-bond acceptors (Lipinski definition) is 5. The second-order valence-electron chi connectivity index (χ2n) is 8.09. The Bertz CT molecular complexity index is 903. The van der Waals surface area contributed by atoms with E-state index in [1.165, 1.54) is 0 Å². The van der Waals surface area contributed by atoms with Crippen LogP contribution in [0.4, 0.5) is 5.69 Å². The topological polar surface area (TPSA) is 79.9 Å². The molecule has 0 saturated carbocycles. The van der Waals surface area contributed by atoms with E-state index in [4.69, 9.17) is 9.47 Å². The Morgan fingerprint density at radius 1 is 1.19 bits per heavy atom. The van der Waals surface area contributed by atoms with Crippen LogP contribution in [-0.4, -0.2) is 62.7 Å². The van der Waals surface area contributed by atoms with Crippen molar-refractivity contribution in [1.29, 1.82) is 0 Å². The summed E-state index contributed by atoms with van der Waals surface area (Å²) in [5.41, 5.74) is 1.58. The quantitative estimate of drug-likeness (QED) is 0.790. The van der Waals surface area contributed by atoms with Crippen molar-refractivity contribution in [3.05, 3.63) is 59.7 Å². The summed E-state index contributed by atoms with van der Waals surface area (Å²) in [6.07, 6.45) is -0.0816. The van der Waals surface area contributed by atoms with E-state index in [1.54, 1.807) is 49.4 Å². The maximum atomic E-state index is 13.1. The molecular weight excluding hydrogens is 394 g/mol. The van der Waals surface area contributed by atoms with Crippen LogP contribution in [0.15, 0.2) is 48.5 Å². The number of benzene rings is 2. The van der Waals surface area contributed by atoms with E-state index in [9.17, 15) is 9.59 Å². The molecule has 2 aromatic carbocycles. The molecule has 1 heterocycles. The number of rotatable bonds is 3. The van der Waals surface area contributed by atoms with E-state index < -0.39 is 0 Å². The standard InChI is InChI=1S/C24H31N3O4/c1-16-13-25-17(2)15-31-21-12-19(26-23(28)18-8-6-5-7-9-18)10-11-20(21)24(29)27(3)14-22(16)30-4/h5-12,16-17,22,25H,13-15H2,1-4H3,(H,26,28)/t16-,17-,22+/m1/s1. The molecule has 0 fully saturated rings. The summed E-state index contributed by atoms with van der Waals surface area (Å²) in [5, 5.41) is 6.34. The number of likely N-dealkylation sites (N-methyl/N-ethyl adjacent to an activating group) is 1. The third-order valence-electron chi connectivity index (χ3n) is 5.52. The van der Waals surface area contributed by atoms with Crippen molar-refractivity contribution in [2.75, 3.05) is 39.2 Å². The van der Waals surface area contributed by atoms with Crippen LogP contribution in [0.5, 0.6) is 5.75 Å². The van der Waals surface area contributed by atoms with Gasteiger partial charge in [-0.15, -0.1) is 0 Å². The summed E-state index contributed by atoms with van der Waals surface area (Å²) >= 11 is 0. The summed E-state index contributed by atoms with van der Waals surface area (Å²) in [6, 6.07) is 14.2. The lowest BCUT2D eigenvalue weighted by atomic mass is 10.0. The highest BCUT2D eigenvalue weighted by atomic mass is 16.5. The summed E-state index contributed by atoms with van der Waals surface area (Å²) in [7, 11) is 3.44. The fraction of sp³-hybridized carbons (Fsp3) is 0.417. The largest absolute Gasteiger partial charge is 0.491 e. The van der Waals surface area contributed by atoms with Gasteiger partial charge in [-0.2, -0.15) is 0 Å². The van der Waals surface area contributed by atoms with E-state index in [2.05, 4.69) is 17.6 Å². The lowest BCUT2D eigenvalue weighted by Crippen LogP contribution is -2.44. The fourth-order valence-corrected chi connectivity index (χ4v) is 3.53. The predicted molar refractivity (Wildman–Crippen MR) is 121 cm³/mol.